The number of likely N-dealkylation sites (tertiary alicyclic amines) is 1. The summed E-state index contributed by atoms with van der Waals surface area (Å²) in [7, 11) is 0. The van der Waals surface area contributed by atoms with Crippen molar-refractivity contribution in [2.75, 3.05) is 13.1 Å². The van der Waals surface area contributed by atoms with Crippen molar-refractivity contribution in [3.8, 4) is 0 Å². The molecule has 1 saturated heterocycles. The first-order valence-electron chi connectivity index (χ1n) is 7.27. The summed E-state index contributed by atoms with van der Waals surface area (Å²) < 4.78 is 0. The summed E-state index contributed by atoms with van der Waals surface area (Å²) in [5.74, 6) is 0.0258. The molecule has 104 valence electrons. The van der Waals surface area contributed by atoms with E-state index in [4.69, 9.17) is 0 Å². The number of hydrogen-bond acceptors (Lipinski definition) is 2. The van der Waals surface area contributed by atoms with Gasteiger partial charge in [-0.2, -0.15) is 0 Å². The number of carbonyl (C=O) groups excluding carboxylic acids is 1. The lowest BCUT2D eigenvalue weighted by Crippen LogP contribution is -2.47. The second-order valence-electron chi connectivity index (χ2n) is 5.49. The van der Waals surface area contributed by atoms with Crippen molar-refractivity contribution in [1.29, 1.82) is 0 Å². The first kappa shape index (κ1) is 14.1. The average Bonchev–Trinajstić information content (AvgIpc) is 2.43. The van der Waals surface area contributed by atoms with Gasteiger partial charge in [0.05, 0.1) is 0 Å². The van der Waals surface area contributed by atoms with Gasteiger partial charge < -0.3 is 5.32 Å². The van der Waals surface area contributed by atoms with Crippen LogP contribution >= 0.6 is 0 Å². The summed E-state index contributed by atoms with van der Waals surface area (Å²) in [5, 5.41) is 3.01. The zero-order chi connectivity index (χ0) is 13.7. The molecule has 1 aliphatic heterocycles. The maximum atomic E-state index is 11.9. The van der Waals surface area contributed by atoms with Gasteiger partial charge in [0.1, 0.15) is 0 Å². The van der Waals surface area contributed by atoms with Gasteiger partial charge in [-0.15, -0.1) is 0 Å². The van der Waals surface area contributed by atoms with E-state index < -0.39 is 0 Å². The van der Waals surface area contributed by atoms with Crippen LogP contribution in [0.15, 0.2) is 30.3 Å². The summed E-state index contributed by atoms with van der Waals surface area (Å²) in [6, 6.07) is 10.7. The predicted molar refractivity (Wildman–Crippen MR) is 78.3 cm³/mol. The number of nitrogens with zero attached hydrogens (tertiary/aromatic N) is 1. The molecule has 2 atom stereocenters. The van der Waals surface area contributed by atoms with Crippen LogP contribution in [0.25, 0.3) is 0 Å². The Balaban J connectivity index is 1.78. The molecule has 3 heteroatoms. The number of carbonyl (C=O) groups is 1. The molecule has 0 unspecified atom stereocenters. The second kappa shape index (κ2) is 6.71. The molecule has 1 heterocycles. The average molecular weight is 260 g/mol. The SMILES string of the molecule is C[C@@H]1CCC[C@H](C)N1CCNC(=O)c1ccccc1. The number of nitrogens with one attached hydrogen (secondary N) is 1. The van der Waals surface area contributed by atoms with Crippen molar-refractivity contribution in [1.82, 2.24) is 10.2 Å². The highest BCUT2D eigenvalue weighted by Gasteiger charge is 2.23. The van der Waals surface area contributed by atoms with Crippen LogP contribution in [0.4, 0.5) is 0 Å². The second-order valence-corrected chi connectivity index (χ2v) is 5.49. The summed E-state index contributed by atoms with van der Waals surface area (Å²) in [4.78, 5) is 14.4. The molecule has 0 radical (unpaired) electrons. The maximum Gasteiger partial charge on any atom is 0.251 e. The van der Waals surface area contributed by atoms with Crippen LogP contribution in [0.3, 0.4) is 0 Å². The molecule has 1 fully saturated rings. The first-order valence-corrected chi connectivity index (χ1v) is 7.27. The van der Waals surface area contributed by atoms with Gasteiger partial charge in [-0.05, 0) is 38.8 Å². The van der Waals surface area contributed by atoms with Gasteiger partial charge in [0.25, 0.3) is 5.91 Å². The largest absolute Gasteiger partial charge is 0.351 e. The summed E-state index contributed by atoms with van der Waals surface area (Å²) in [6.07, 6.45) is 3.88. The zero-order valence-corrected chi connectivity index (χ0v) is 11.9. The van der Waals surface area contributed by atoms with Crippen LogP contribution in [0.1, 0.15) is 43.5 Å². The highest BCUT2D eigenvalue weighted by atomic mass is 16.1. The highest BCUT2D eigenvalue weighted by Crippen LogP contribution is 2.21. The van der Waals surface area contributed by atoms with Crippen molar-refractivity contribution in [2.24, 2.45) is 0 Å². The number of benzene rings is 1. The number of amides is 1. The van der Waals surface area contributed by atoms with Gasteiger partial charge in [-0.3, -0.25) is 9.69 Å². The molecule has 0 bridgehead atoms. The normalized spacial score (nSPS) is 24.1. The number of rotatable bonds is 4. The highest BCUT2D eigenvalue weighted by molar-refractivity contribution is 5.94. The fraction of sp³-hybridized carbons (Fsp3) is 0.562. The quantitative estimate of drug-likeness (QED) is 0.902. The lowest BCUT2D eigenvalue weighted by Gasteiger charge is -2.39. The molecule has 0 spiro atoms. The van der Waals surface area contributed by atoms with Gasteiger partial charge in [0.2, 0.25) is 0 Å². The van der Waals surface area contributed by atoms with E-state index in [1.807, 2.05) is 30.3 Å². The monoisotopic (exact) mass is 260 g/mol. The van der Waals surface area contributed by atoms with Crippen LogP contribution in [0, 0.1) is 0 Å². The molecule has 19 heavy (non-hydrogen) atoms. The molecule has 1 aromatic carbocycles. The summed E-state index contributed by atoms with van der Waals surface area (Å²) >= 11 is 0. The Morgan fingerprint density at radius 2 is 1.84 bits per heavy atom. The lowest BCUT2D eigenvalue weighted by molar-refractivity contribution is 0.0889. The third-order valence-electron chi connectivity index (χ3n) is 4.07. The molecular formula is C16H24N2O. The van der Waals surface area contributed by atoms with Crippen LogP contribution in [0.5, 0.6) is 0 Å². The first-order chi connectivity index (χ1) is 9.18. The Kier molecular flexibility index (Phi) is 4.97. The van der Waals surface area contributed by atoms with E-state index in [1.165, 1.54) is 19.3 Å². The molecule has 1 aliphatic rings. The Morgan fingerprint density at radius 3 is 2.47 bits per heavy atom. The topological polar surface area (TPSA) is 32.3 Å². The van der Waals surface area contributed by atoms with Crippen molar-refractivity contribution in [2.45, 2.75) is 45.2 Å². The van der Waals surface area contributed by atoms with E-state index in [9.17, 15) is 4.79 Å². The fourth-order valence-corrected chi connectivity index (χ4v) is 2.91. The number of piperidine rings is 1. The molecular weight excluding hydrogens is 236 g/mol. The molecule has 0 aliphatic carbocycles. The maximum absolute atomic E-state index is 11.9. The fourth-order valence-electron chi connectivity index (χ4n) is 2.91. The van der Waals surface area contributed by atoms with Crippen LogP contribution in [0.2, 0.25) is 0 Å². The van der Waals surface area contributed by atoms with Crippen LogP contribution in [-0.2, 0) is 0 Å². The van der Waals surface area contributed by atoms with E-state index in [0.29, 0.717) is 12.1 Å². The zero-order valence-electron chi connectivity index (χ0n) is 11.9. The van der Waals surface area contributed by atoms with Gasteiger partial charge in [-0.25, -0.2) is 0 Å². The van der Waals surface area contributed by atoms with E-state index >= 15 is 0 Å². The van der Waals surface area contributed by atoms with E-state index in [0.717, 1.165) is 18.7 Å². The van der Waals surface area contributed by atoms with Crippen LogP contribution < -0.4 is 5.32 Å². The Morgan fingerprint density at radius 1 is 1.21 bits per heavy atom. The van der Waals surface area contributed by atoms with Crippen LogP contribution in [-0.4, -0.2) is 36.0 Å². The van der Waals surface area contributed by atoms with Gasteiger partial charge in [0.15, 0.2) is 0 Å². The summed E-state index contributed by atoms with van der Waals surface area (Å²) in [5.41, 5.74) is 0.738. The Bertz CT molecular complexity index is 394. The molecule has 1 N–H and O–H groups in total. The van der Waals surface area contributed by atoms with E-state index in [1.54, 1.807) is 0 Å². The van der Waals surface area contributed by atoms with Crippen molar-refractivity contribution in [3.63, 3.8) is 0 Å². The predicted octanol–water partition coefficient (Wildman–Crippen LogP) is 2.68. The third kappa shape index (κ3) is 3.80. The van der Waals surface area contributed by atoms with Gasteiger partial charge in [-0.1, -0.05) is 24.6 Å². The van der Waals surface area contributed by atoms with Crippen molar-refractivity contribution in [3.05, 3.63) is 35.9 Å². The lowest BCUT2D eigenvalue weighted by atomic mass is 9.98. The standard InChI is InChI=1S/C16H24N2O/c1-13-7-6-8-14(2)18(13)12-11-17-16(19)15-9-4-3-5-10-15/h3-5,9-10,13-14H,6-8,11-12H2,1-2H3,(H,17,19)/t13-,14+. The molecule has 0 aromatic heterocycles. The van der Waals surface area contributed by atoms with Gasteiger partial charge in [0, 0.05) is 30.7 Å². The Hall–Kier alpha value is -1.35. The Labute approximate surface area is 116 Å². The summed E-state index contributed by atoms with van der Waals surface area (Å²) in [6.45, 7) is 6.24. The molecule has 0 saturated carbocycles. The number of hydrogen-bond donors (Lipinski definition) is 1. The van der Waals surface area contributed by atoms with Crippen molar-refractivity contribution < 1.29 is 4.79 Å². The van der Waals surface area contributed by atoms with E-state index in [2.05, 4.69) is 24.1 Å². The molecule has 1 amide bonds. The molecule has 2 rings (SSSR count). The minimum Gasteiger partial charge on any atom is -0.351 e. The minimum absolute atomic E-state index is 0.0258. The minimum atomic E-state index is 0.0258. The smallest absolute Gasteiger partial charge is 0.251 e. The van der Waals surface area contributed by atoms with Crippen molar-refractivity contribution >= 4 is 5.91 Å². The molecule has 1 aromatic rings. The van der Waals surface area contributed by atoms with Gasteiger partial charge >= 0.3 is 0 Å². The van der Waals surface area contributed by atoms with E-state index in [-0.39, 0.29) is 5.91 Å². The third-order valence-corrected chi connectivity index (χ3v) is 4.07. The molecule has 3 nitrogen and oxygen atoms in total.